The third-order valence-corrected chi connectivity index (χ3v) is 5.41. The molecule has 29 heavy (non-hydrogen) atoms. The van der Waals surface area contributed by atoms with Gasteiger partial charge in [-0.05, 0) is 12.1 Å². The van der Waals surface area contributed by atoms with Crippen molar-refractivity contribution < 1.29 is 19.1 Å². The van der Waals surface area contributed by atoms with E-state index in [1.165, 1.54) is 32.9 Å². The first-order valence-corrected chi connectivity index (χ1v) is 9.07. The molecule has 0 bridgehead atoms. The van der Waals surface area contributed by atoms with E-state index >= 15 is 0 Å². The van der Waals surface area contributed by atoms with Gasteiger partial charge >= 0.3 is 17.6 Å². The summed E-state index contributed by atoms with van der Waals surface area (Å²) in [4.78, 5) is 50.7. The quantitative estimate of drug-likeness (QED) is 0.738. The Morgan fingerprint density at radius 1 is 1.00 bits per heavy atom. The van der Waals surface area contributed by atoms with Crippen LogP contribution in [0.15, 0.2) is 39.9 Å². The first-order valence-electron chi connectivity index (χ1n) is 9.07. The van der Waals surface area contributed by atoms with Crippen molar-refractivity contribution in [2.45, 2.75) is 12.5 Å². The van der Waals surface area contributed by atoms with Gasteiger partial charge in [0, 0.05) is 31.9 Å². The molecule has 0 unspecified atom stereocenters. The van der Waals surface area contributed by atoms with Crippen molar-refractivity contribution >= 4 is 17.6 Å². The van der Waals surface area contributed by atoms with Crippen molar-refractivity contribution in [2.75, 3.05) is 19.5 Å². The van der Waals surface area contributed by atoms with E-state index in [-0.39, 0.29) is 12.0 Å². The normalized spacial score (nSPS) is 20.5. The molecule has 3 atom stereocenters. The van der Waals surface area contributed by atoms with E-state index in [4.69, 9.17) is 9.47 Å². The van der Waals surface area contributed by atoms with Gasteiger partial charge in [-0.1, -0.05) is 18.2 Å². The number of anilines is 1. The average molecular weight is 401 g/mol. The number of aromatic nitrogens is 2. The molecule has 0 amide bonds. The van der Waals surface area contributed by atoms with E-state index in [0.29, 0.717) is 11.4 Å². The van der Waals surface area contributed by atoms with E-state index in [9.17, 15) is 19.2 Å². The summed E-state index contributed by atoms with van der Waals surface area (Å²) in [6.45, 7) is 0. The van der Waals surface area contributed by atoms with Crippen LogP contribution in [0, 0.1) is 11.8 Å². The van der Waals surface area contributed by atoms with Gasteiger partial charge in [0.15, 0.2) is 0 Å². The van der Waals surface area contributed by atoms with E-state index in [1.54, 1.807) is 24.3 Å². The molecule has 154 valence electrons. The number of nitrogens with zero attached hydrogens (tertiary/aromatic N) is 2. The average Bonchev–Trinajstić information content (AvgIpc) is 2.75. The van der Waals surface area contributed by atoms with E-state index in [2.05, 4.69) is 5.32 Å². The number of fused-ring (bicyclic) bond motifs is 1. The maximum atomic E-state index is 13.0. The van der Waals surface area contributed by atoms with Crippen LogP contribution in [0.25, 0.3) is 0 Å². The monoisotopic (exact) mass is 401 g/mol. The molecule has 1 aromatic carbocycles. The van der Waals surface area contributed by atoms with Gasteiger partial charge in [-0.25, -0.2) is 4.79 Å². The number of carbonyl (C=O) groups is 2. The molecule has 0 aliphatic heterocycles. The maximum absolute atomic E-state index is 13.0. The predicted octanol–water partition coefficient (Wildman–Crippen LogP) is 0.372. The van der Waals surface area contributed by atoms with E-state index in [1.807, 2.05) is 6.07 Å². The molecule has 9 heteroatoms. The highest BCUT2D eigenvalue weighted by Crippen LogP contribution is 2.39. The fraction of sp³-hybridized carbons (Fsp3) is 0.400. The highest BCUT2D eigenvalue weighted by Gasteiger charge is 2.48. The second-order valence-corrected chi connectivity index (χ2v) is 6.94. The Morgan fingerprint density at radius 3 is 2.21 bits per heavy atom. The third kappa shape index (κ3) is 3.43. The molecule has 1 aliphatic rings. The number of rotatable bonds is 4. The summed E-state index contributed by atoms with van der Waals surface area (Å²) < 4.78 is 12.2. The Labute approximate surface area is 166 Å². The lowest BCUT2D eigenvalue weighted by Crippen LogP contribution is -2.51. The third-order valence-electron chi connectivity index (χ3n) is 5.41. The Hall–Kier alpha value is -3.36. The smallest absolute Gasteiger partial charge is 0.330 e. The summed E-state index contributed by atoms with van der Waals surface area (Å²) in [6.07, 6.45) is 0.0105. The number of methoxy groups -OCH3 is 2. The molecule has 0 fully saturated rings. The van der Waals surface area contributed by atoms with E-state index in [0.717, 1.165) is 4.57 Å². The minimum absolute atomic E-state index is 0.0105. The zero-order chi connectivity index (χ0) is 21.3. The van der Waals surface area contributed by atoms with Crippen LogP contribution in [0.5, 0.6) is 0 Å². The minimum Gasteiger partial charge on any atom is -0.469 e. The highest BCUT2D eigenvalue weighted by molar-refractivity contribution is 5.84. The van der Waals surface area contributed by atoms with Crippen molar-refractivity contribution in [1.82, 2.24) is 9.13 Å². The second kappa shape index (κ2) is 7.94. The van der Waals surface area contributed by atoms with Crippen molar-refractivity contribution in [3.05, 3.63) is 62.4 Å². The molecule has 0 saturated heterocycles. The van der Waals surface area contributed by atoms with Gasteiger partial charge in [-0.2, -0.15) is 0 Å². The molecule has 1 heterocycles. The van der Waals surface area contributed by atoms with Crippen LogP contribution in [0.4, 0.5) is 5.69 Å². The van der Waals surface area contributed by atoms with Gasteiger partial charge in [0.2, 0.25) is 0 Å². The molecule has 9 nitrogen and oxygen atoms in total. The van der Waals surface area contributed by atoms with Crippen LogP contribution in [-0.4, -0.2) is 35.3 Å². The molecule has 3 rings (SSSR count). The van der Waals surface area contributed by atoms with Gasteiger partial charge in [0.05, 0.1) is 37.7 Å². The fourth-order valence-electron chi connectivity index (χ4n) is 3.91. The summed E-state index contributed by atoms with van der Waals surface area (Å²) in [5, 5.41) is 3.19. The summed E-state index contributed by atoms with van der Waals surface area (Å²) in [7, 11) is 5.37. The van der Waals surface area contributed by atoms with Crippen LogP contribution in [-0.2, 0) is 39.6 Å². The maximum Gasteiger partial charge on any atom is 0.330 e. The SMILES string of the molecule is COC(=O)[C@H]1[C@@H](C(=O)OC)Cc2c(c(=O)n(C)c(=O)n2C)[C@@H]1Nc1ccccc1. The number of ether oxygens (including phenoxy) is 2. The lowest BCUT2D eigenvalue weighted by Gasteiger charge is -2.37. The van der Waals surface area contributed by atoms with Gasteiger partial charge in [0.1, 0.15) is 0 Å². The molecule has 0 spiro atoms. The van der Waals surface area contributed by atoms with Crippen molar-refractivity contribution in [3.8, 4) is 0 Å². The number of esters is 2. The molecule has 0 radical (unpaired) electrons. The first-order chi connectivity index (χ1) is 13.8. The summed E-state index contributed by atoms with van der Waals surface area (Å²) in [5.41, 5.74) is 0.274. The molecular formula is C20H23N3O6. The largest absolute Gasteiger partial charge is 0.469 e. The standard InChI is InChI=1S/C20H23N3O6/c1-22-13-10-12(18(25)28-3)14(19(26)29-4)16(21-11-8-6-5-7-9-11)15(13)17(24)23(2)20(22)27/h5-9,12,14,16,21H,10H2,1-4H3/t12-,14-,16+/m0/s1. The number of nitrogens with one attached hydrogen (secondary N) is 1. The van der Waals surface area contributed by atoms with Crippen LogP contribution in [0.1, 0.15) is 17.3 Å². The highest BCUT2D eigenvalue weighted by atomic mass is 16.5. The first kappa shape index (κ1) is 20.4. The molecule has 1 aliphatic carbocycles. The lowest BCUT2D eigenvalue weighted by atomic mass is 9.74. The topological polar surface area (TPSA) is 109 Å². The molecule has 0 saturated carbocycles. The molecule has 1 N–H and O–H groups in total. The Morgan fingerprint density at radius 2 is 1.62 bits per heavy atom. The summed E-state index contributed by atoms with van der Waals surface area (Å²) in [5.74, 6) is -3.18. The van der Waals surface area contributed by atoms with E-state index < -0.39 is 41.1 Å². The van der Waals surface area contributed by atoms with Crippen LogP contribution < -0.4 is 16.6 Å². The Bertz CT molecular complexity index is 1060. The van der Waals surface area contributed by atoms with Gasteiger partial charge in [0.25, 0.3) is 5.56 Å². The van der Waals surface area contributed by atoms with Gasteiger partial charge < -0.3 is 19.4 Å². The molecule has 2 aromatic rings. The number of para-hydroxylation sites is 1. The number of hydrogen-bond donors (Lipinski definition) is 1. The Kier molecular flexibility index (Phi) is 5.58. The second-order valence-electron chi connectivity index (χ2n) is 6.94. The van der Waals surface area contributed by atoms with Crippen LogP contribution in [0.2, 0.25) is 0 Å². The Balaban J connectivity index is 2.29. The minimum atomic E-state index is -1.01. The van der Waals surface area contributed by atoms with Crippen LogP contribution >= 0.6 is 0 Å². The van der Waals surface area contributed by atoms with Crippen molar-refractivity contribution in [1.29, 1.82) is 0 Å². The summed E-state index contributed by atoms with van der Waals surface area (Å²) >= 11 is 0. The zero-order valence-corrected chi connectivity index (χ0v) is 16.7. The van der Waals surface area contributed by atoms with Gasteiger partial charge in [-0.15, -0.1) is 0 Å². The van der Waals surface area contributed by atoms with Crippen LogP contribution in [0.3, 0.4) is 0 Å². The number of benzene rings is 1. The van der Waals surface area contributed by atoms with Crippen molar-refractivity contribution in [3.63, 3.8) is 0 Å². The molecule has 1 aromatic heterocycles. The van der Waals surface area contributed by atoms with Crippen molar-refractivity contribution in [2.24, 2.45) is 25.9 Å². The fourth-order valence-corrected chi connectivity index (χ4v) is 3.91. The zero-order valence-electron chi connectivity index (χ0n) is 16.7. The predicted molar refractivity (Wildman–Crippen MR) is 104 cm³/mol. The lowest BCUT2D eigenvalue weighted by molar-refractivity contribution is -0.159. The summed E-state index contributed by atoms with van der Waals surface area (Å²) in [6, 6.07) is 8.11. The van der Waals surface area contributed by atoms with Gasteiger partial charge in [-0.3, -0.25) is 19.0 Å². The number of hydrogen-bond acceptors (Lipinski definition) is 7. The number of carbonyl (C=O) groups excluding carboxylic acids is 2. The molecular weight excluding hydrogens is 378 g/mol.